The Morgan fingerprint density at radius 3 is 2.47 bits per heavy atom. The van der Waals surface area contributed by atoms with Gasteiger partial charge in [0.05, 0.1) is 24.1 Å². The molecule has 0 aliphatic heterocycles. The third kappa shape index (κ3) is 4.14. The van der Waals surface area contributed by atoms with E-state index in [2.05, 4.69) is 18.5 Å². The number of carbonyl (C=O) groups is 1. The van der Waals surface area contributed by atoms with Gasteiger partial charge in [0.15, 0.2) is 0 Å². The zero-order valence-electron chi connectivity index (χ0n) is 18.7. The molecule has 0 aliphatic carbocycles. The highest BCUT2D eigenvalue weighted by Crippen LogP contribution is 2.29. The summed E-state index contributed by atoms with van der Waals surface area (Å²) in [4.78, 5) is 27.1. The molecule has 2 aromatic carbocycles. The maximum atomic E-state index is 13.6. The fourth-order valence-corrected chi connectivity index (χ4v) is 3.99. The lowest BCUT2D eigenvalue weighted by Crippen LogP contribution is -2.32. The Balaban J connectivity index is 2.29. The van der Waals surface area contributed by atoms with Gasteiger partial charge in [-0.15, -0.1) is 0 Å². The monoisotopic (exact) mass is 428 g/mol. The Morgan fingerprint density at radius 1 is 1.16 bits per heavy atom. The highest BCUT2D eigenvalue weighted by atomic mass is 16.5. The van der Waals surface area contributed by atoms with E-state index in [1.165, 1.54) is 11.7 Å². The SMILES string of the molecule is C=C/C=C(\C=C)n1c(C)c(C(=O)N[C@@H](CC)c2ccccc2)c2cccc(OC)c2c1=O. The van der Waals surface area contributed by atoms with Crippen molar-refractivity contribution in [1.29, 1.82) is 0 Å². The fraction of sp³-hybridized carbons (Fsp3) is 0.185. The quantitative estimate of drug-likeness (QED) is 0.488. The number of amides is 1. The Bertz CT molecular complexity index is 1250. The number of ether oxygens (including phenoxy) is 1. The lowest BCUT2D eigenvalue weighted by molar-refractivity contribution is 0.0936. The van der Waals surface area contributed by atoms with E-state index in [1.54, 1.807) is 43.4 Å². The lowest BCUT2D eigenvalue weighted by Gasteiger charge is -2.22. The second-order valence-electron chi connectivity index (χ2n) is 7.36. The summed E-state index contributed by atoms with van der Waals surface area (Å²) in [6.07, 6.45) is 5.56. The van der Waals surface area contributed by atoms with E-state index in [-0.39, 0.29) is 17.5 Å². The van der Waals surface area contributed by atoms with Crippen molar-refractivity contribution in [2.75, 3.05) is 7.11 Å². The van der Waals surface area contributed by atoms with Crippen LogP contribution in [0.2, 0.25) is 0 Å². The van der Waals surface area contributed by atoms with E-state index in [1.807, 2.05) is 37.3 Å². The molecule has 5 nitrogen and oxygen atoms in total. The van der Waals surface area contributed by atoms with Crippen molar-refractivity contribution in [3.05, 3.63) is 107 Å². The minimum Gasteiger partial charge on any atom is -0.496 e. The van der Waals surface area contributed by atoms with Crippen molar-refractivity contribution >= 4 is 22.4 Å². The molecule has 3 aromatic rings. The van der Waals surface area contributed by atoms with Gasteiger partial charge in [-0.2, -0.15) is 0 Å². The number of benzene rings is 2. The predicted octanol–water partition coefficient (Wildman–Crippen LogP) is 5.41. The zero-order valence-corrected chi connectivity index (χ0v) is 18.7. The predicted molar refractivity (Wildman–Crippen MR) is 131 cm³/mol. The van der Waals surface area contributed by atoms with E-state index < -0.39 is 0 Å². The van der Waals surface area contributed by atoms with E-state index in [0.29, 0.717) is 33.5 Å². The van der Waals surface area contributed by atoms with Gasteiger partial charge in [0, 0.05) is 16.8 Å². The molecule has 0 bridgehead atoms. The first-order chi connectivity index (χ1) is 15.5. The average molecular weight is 429 g/mol. The molecule has 0 saturated carbocycles. The van der Waals surface area contributed by atoms with Crippen molar-refractivity contribution in [3.8, 4) is 5.75 Å². The Labute approximate surface area is 188 Å². The van der Waals surface area contributed by atoms with Crippen LogP contribution in [0.3, 0.4) is 0 Å². The number of hydrogen-bond donors (Lipinski definition) is 1. The van der Waals surface area contributed by atoms with Crippen LogP contribution >= 0.6 is 0 Å². The molecular weight excluding hydrogens is 400 g/mol. The standard InChI is InChI=1S/C27H28N2O3/c1-6-13-20(7-2)29-18(4)24(21-16-12-17-23(32-5)25(21)27(29)31)26(30)28-22(8-3)19-14-10-9-11-15-19/h6-7,9-17,22H,1-2,8H2,3-5H3,(H,28,30)/b20-13+/t22-/m0/s1. The third-order valence-corrected chi connectivity index (χ3v) is 5.53. The molecule has 1 heterocycles. The number of nitrogens with one attached hydrogen (secondary N) is 1. The number of hydrogen-bond acceptors (Lipinski definition) is 3. The van der Waals surface area contributed by atoms with Gasteiger partial charge in [-0.1, -0.05) is 68.6 Å². The average Bonchev–Trinajstić information content (AvgIpc) is 2.82. The molecule has 1 atom stereocenters. The van der Waals surface area contributed by atoms with Crippen molar-refractivity contribution in [2.45, 2.75) is 26.3 Å². The lowest BCUT2D eigenvalue weighted by atomic mass is 10.00. The van der Waals surface area contributed by atoms with Crippen LogP contribution in [0, 0.1) is 6.92 Å². The van der Waals surface area contributed by atoms with Crippen LogP contribution in [-0.2, 0) is 0 Å². The van der Waals surface area contributed by atoms with E-state index in [4.69, 9.17) is 4.74 Å². The van der Waals surface area contributed by atoms with Crippen molar-refractivity contribution in [2.24, 2.45) is 0 Å². The van der Waals surface area contributed by atoms with Crippen LogP contribution in [0.5, 0.6) is 5.75 Å². The maximum absolute atomic E-state index is 13.6. The number of methoxy groups -OCH3 is 1. The number of nitrogens with zero attached hydrogens (tertiary/aromatic N) is 1. The molecule has 0 saturated heterocycles. The first-order valence-electron chi connectivity index (χ1n) is 10.5. The van der Waals surface area contributed by atoms with E-state index in [0.717, 1.165) is 12.0 Å². The summed E-state index contributed by atoms with van der Waals surface area (Å²) in [5.74, 6) is 0.152. The van der Waals surface area contributed by atoms with Gasteiger partial charge in [0.1, 0.15) is 5.75 Å². The summed E-state index contributed by atoms with van der Waals surface area (Å²) in [6.45, 7) is 11.3. The van der Waals surface area contributed by atoms with Gasteiger partial charge in [0.2, 0.25) is 0 Å². The fourth-order valence-electron chi connectivity index (χ4n) is 3.99. The summed E-state index contributed by atoms with van der Waals surface area (Å²) in [5, 5.41) is 4.03. The second-order valence-corrected chi connectivity index (χ2v) is 7.36. The first kappa shape index (κ1) is 22.8. The highest BCUT2D eigenvalue weighted by molar-refractivity contribution is 6.09. The highest BCUT2D eigenvalue weighted by Gasteiger charge is 2.24. The minimum absolute atomic E-state index is 0.160. The molecule has 0 spiro atoms. The van der Waals surface area contributed by atoms with Crippen molar-refractivity contribution in [3.63, 3.8) is 0 Å². The molecule has 0 fully saturated rings. The molecule has 1 N–H and O–H groups in total. The van der Waals surface area contributed by atoms with Gasteiger partial charge in [-0.25, -0.2) is 0 Å². The Morgan fingerprint density at radius 2 is 1.88 bits per heavy atom. The topological polar surface area (TPSA) is 60.3 Å². The first-order valence-corrected chi connectivity index (χ1v) is 10.5. The van der Waals surface area contributed by atoms with Crippen molar-refractivity contribution < 1.29 is 9.53 Å². The van der Waals surface area contributed by atoms with Crippen LogP contribution in [-0.4, -0.2) is 17.6 Å². The van der Waals surface area contributed by atoms with Crippen LogP contribution in [0.25, 0.3) is 16.5 Å². The number of pyridine rings is 1. The van der Waals surface area contributed by atoms with E-state index in [9.17, 15) is 9.59 Å². The van der Waals surface area contributed by atoms with Crippen molar-refractivity contribution in [1.82, 2.24) is 9.88 Å². The smallest absolute Gasteiger partial charge is 0.266 e. The van der Waals surface area contributed by atoms with Gasteiger partial charge in [-0.05, 0) is 37.1 Å². The number of fused-ring (bicyclic) bond motifs is 1. The van der Waals surface area contributed by atoms with Gasteiger partial charge < -0.3 is 10.1 Å². The third-order valence-electron chi connectivity index (χ3n) is 5.53. The molecule has 0 aliphatic rings. The number of aromatic nitrogens is 1. The van der Waals surface area contributed by atoms with Crippen LogP contribution in [0.15, 0.2) is 84.7 Å². The van der Waals surface area contributed by atoms with E-state index >= 15 is 0 Å². The van der Waals surface area contributed by atoms with Gasteiger partial charge in [0.25, 0.3) is 11.5 Å². The second kappa shape index (κ2) is 9.96. The maximum Gasteiger partial charge on any atom is 0.266 e. The Kier molecular flexibility index (Phi) is 7.11. The molecule has 1 amide bonds. The normalized spacial score (nSPS) is 12.3. The molecular formula is C27H28N2O3. The van der Waals surface area contributed by atoms with Gasteiger partial charge >= 0.3 is 0 Å². The van der Waals surface area contributed by atoms with Crippen LogP contribution < -0.4 is 15.6 Å². The molecule has 3 rings (SSSR count). The number of rotatable bonds is 8. The van der Waals surface area contributed by atoms with Gasteiger partial charge in [-0.3, -0.25) is 14.2 Å². The summed E-state index contributed by atoms with van der Waals surface area (Å²) in [7, 11) is 1.51. The zero-order chi connectivity index (χ0) is 23.3. The summed E-state index contributed by atoms with van der Waals surface area (Å²) >= 11 is 0. The Hall–Kier alpha value is -3.86. The van der Waals surface area contributed by atoms with Crippen LogP contribution in [0.4, 0.5) is 0 Å². The summed E-state index contributed by atoms with van der Waals surface area (Å²) in [6, 6.07) is 14.9. The van der Waals surface area contributed by atoms with Crippen LogP contribution in [0.1, 0.15) is 41.0 Å². The molecule has 5 heteroatoms. The molecule has 32 heavy (non-hydrogen) atoms. The minimum atomic E-state index is -0.283. The molecule has 164 valence electrons. The molecule has 1 aromatic heterocycles. The largest absolute Gasteiger partial charge is 0.496 e. The number of allylic oxidation sites excluding steroid dienone is 4. The molecule has 0 unspecified atom stereocenters. The molecule has 0 radical (unpaired) electrons. The summed E-state index contributed by atoms with van der Waals surface area (Å²) < 4.78 is 6.96. The number of carbonyl (C=O) groups excluding carboxylic acids is 1. The summed E-state index contributed by atoms with van der Waals surface area (Å²) in [5.41, 5.74) is 2.21.